The second-order valence-electron chi connectivity index (χ2n) is 3.06. The second kappa shape index (κ2) is 5.84. The van der Waals surface area contributed by atoms with Gasteiger partial charge < -0.3 is 0 Å². The van der Waals surface area contributed by atoms with Gasteiger partial charge in [0.15, 0.2) is 0 Å². The smallest absolute Gasteiger partial charge is 0.116 e. The van der Waals surface area contributed by atoms with Crippen molar-refractivity contribution in [2.75, 3.05) is 0 Å². The molecule has 1 aromatic heterocycles. The lowest BCUT2D eigenvalue weighted by Crippen LogP contribution is -1.88. The third kappa shape index (κ3) is 3.09. The van der Waals surface area contributed by atoms with Crippen LogP contribution < -0.4 is 0 Å². The van der Waals surface area contributed by atoms with Crippen molar-refractivity contribution < 1.29 is 0 Å². The van der Waals surface area contributed by atoms with Crippen LogP contribution in [0.3, 0.4) is 0 Å². The Bertz CT molecular complexity index is 447. The van der Waals surface area contributed by atoms with E-state index in [1.807, 2.05) is 30.5 Å². The predicted molar refractivity (Wildman–Crippen MR) is 75.8 cm³/mol. The van der Waals surface area contributed by atoms with Crippen LogP contribution in [0.25, 0.3) is 0 Å². The van der Waals surface area contributed by atoms with Crippen molar-refractivity contribution in [2.24, 2.45) is 0 Å². The summed E-state index contributed by atoms with van der Waals surface area (Å²) in [6.07, 6.45) is 3.37. The molecule has 0 saturated carbocycles. The minimum atomic E-state index is 0.805. The van der Waals surface area contributed by atoms with Crippen molar-refractivity contribution in [3.63, 3.8) is 0 Å². The quantitative estimate of drug-likeness (QED) is 0.468. The van der Waals surface area contributed by atoms with Crippen LogP contribution in [0.15, 0.2) is 41.8 Å². The van der Waals surface area contributed by atoms with Gasteiger partial charge in [0.2, 0.25) is 0 Å². The summed E-state index contributed by atoms with van der Waals surface area (Å²) in [7, 11) is 0. The lowest BCUT2D eigenvalue weighted by Gasteiger charge is -2.04. The summed E-state index contributed by atoms with van der Waals surface area (Å²) in [6, 6.07) is 7.86. The Kier molecular flexibility index (Phi) is 4.43. The average Bonchev–Trinajstić information content (AvgIpc) is 2.30. The van der Waals surface area contributed by atoms with Gasteiger partial charge in [0, 0.05) is 17.0 Å². The first-order chi connectivity index (χ1) is 7.77. The minimum absolute atomic E-state index is 0.805. The van der Waals surface area contributed by atoms with E-state index in [0.29, 0.717) is 0 Å². The number of nitrogens with zero attached hydrogens (tertiary/aromatic N) is 2. The summed E-state index contributed by atoms with van der Waals surface area (Å²) in [5.74, 6) is 0.826. The lowest BCUT2D eigenvalue weighted by molar-refractivity contribution is 1.02. The van der Waals surface area contributed by atoms with Gasteiger partial charge in [-0.25, -0.2) is 9.97 Å². The van der Waals surface area contributed by atoms with Crippen LogP contribution in [0.2, 0.25) is 5.02 Å². The van der Waals surface area contributed by atoms with Crippen molar-refractivity contribution in [3.8, 4) is 0 Å². The van der Waals surface area contributed by atoms with Crippen molar-refractivity contribution in [2.45, 2.75) is 10.8 Å². The molecule has 82 valence electrons. The number of rotatable bonds is 3. The number of hydrogen-bond donors (Lipinski definition) is 0. The molecule has 0 amide bonds. The van der Waals surface area contributed by atoms with Crippen molar-refractivity contribution >= 4 is 46.0 Å². The molecular weight excluding hydrogens is 355 g/mol. The summed E-state index contributed by atoms with van der Waals surface area (Å²) in [4.78, 5) is 8.18. The fourth-order valence-corrected chi connectivity index (χ4v) is 3.07. The van der Waals surface area contributed by atoms with Gasteiger partial charge in [-0.2, -0.15) is 0 Å². The maximum atomic E-state index is 6.08. The van der Waals surface area contributed by atoms with Crippen molar-refractivity contribution in [1.82, 2.24) is 9.97 Å². The average molecular weight is 363 g/mol. The summed E-state index contributed by atoms with van der Waals surface area (Å²) >= 11 is 9.99. The van der Waals surface area contributed by atoms with E-state index < -0.39 is 0 Å². The van der Waals surface area contributed by atoms with E-state index in [1.165, 1.54) is 0 Å². The highest BCUT2D eigenvalue weighted by Crippen LogP contribution is 2.27. The zero-order chi connectivity index (χ0) is 11.4. The molecule has 5 heteroatoms. The fourth-order valence-electron chi connectivity index (χ4n) is 1.17. The number of halogens is 2. The summed E-state index contributed by atoms with van der Waals surface area (Å²) < 4.78 is 1.07. The van der Waals surface area contributed by atoms with E-state index in [1.54, 1.807) is 18.1 Å². The molecule has 0 bridgehead atoms. The molecule has 16 heavy (non-hydrogen) atoms. The zero-order valence-corrected chi connectivity index (χ0v) is 12.0. The molecule has 0 spiro atoms. The Labute approximate surface area is 117 Å². The standard InChI is InChI=1S/C11H8ClIN2S/c12-9-4-2-1-3-8(9)6-16-11-10(13)5-14-7-15-11/h1-5,7H,6H2. The lowest BCUT2D eigenvalue weighted by atomic mass is 10.2. The fraction of sp³-hybridized carbons (Fsp3) is 0.0909. The van der Waals surface area contributed by atoms with Gasteiger partial charge in [-0.3, -0.25) is 0 Å². The van der Waals surface area contributed by atoms with Crippen LogP contribution in [0.1, 0.15) is 5.56 Å². The Morgan fingerprint density at radius 3 is 2.88 bits per heavy atom. The molecule has 2 rings (SSSR count). The molecule has 1 aromatic carbocycles. The van der Waals surface area contributed by atoms with Gasteiger partial charge in [-0.05, 0) is 34.2 Å². The van der Waals surface area contributed by atoms with Gasteiger partial charge in [-0.1, -0.05) is 29.8 Å². The summed E-state index contributed by atoms with van der Waals surface area (Å²) in [5, 5.41) is 1.80. The maximum Gasteiger partial charge on any atom is 0.116 e. The molecule has 0 unspecified atom stereocenters. The van der Waals surface area contributed by atoms with E-state index in [2.05, 4.69) is 32.6 Å². The number of hydrogen-bond acceptors (Lipinski definition) is 3. The number of thioether (sulfide) groups is 1. The van der Waals surface area contributed by atoms with Crippen molar-refractivity contribution in [3.05, 3.63) is 50.9 Å². The van der Waals surface area contributed by atoms with E-state index in [0.717, 1.165) is 24.9 Å². The maximum absolute atomic E-state index is 6.08. The highest BCUT2D eigenvalue weighted by atomic mass is 127. The second-order valence-corrected chi connectivity index (χ2v) is 5.59. The van der Waals surface area contributed by atoms with E-state index in [-0.39, 0.29) is 0 Å². The van der Waals surface area contributed by atoms with Crippen LogP contribution in [0.4, 0.5) is 0 Å². The van der Waals surface area contributed by atoms with Gasteiger partial charge in [0.1, 0.15) is 11.4 Å². The van der Waals surface area contributed by atoms with Crippen molar-refractivity contribution in [1.29, 1.82) is 0 Å². The molecule has 0 atom stereocenters. The third-order valence-electron chi connectivity index (χ3n) is 1.96. The Balaban J connectivity index is 2.09. The van der Waals surface area contributed by atoms with E-state index in [4.69, 9.17) is 11.6 Å². The Morgan fingerprint density at radius 1 is 1.31 bits per heavy atom. The minimum Gasteiger partial charge on any atom is -0.244 e. The monoisotopic (exact) mass is 362 g/mol. The predicted octanol–water partition coefficient (Wildman–Crippen LogP) is 4.03. The SMILES string of the molecule is Clc1ccccc1CSc1ncncc1I. The molecule has 0 fully saturated rings. The summed E-state index contributed by atoms with van der Waals surface area (Å²) in [5.41, 5.74) is 1.13. The Hall–Kier alpha value is -0.330. The zero-order valence-electron chi connectivity index (χ0n) is 8.23. The first kappa shape index (κ1) is 12.1. The Morgan fingerprint density at radius 2 is 2.12 bits per heavy atom. The number of aromatic nitrogens is 2. The van der Waals surface area contributed by atoms with Gasteiger partial charge in [-0.15, -0.1) is 11.8 Å². The van der Waals surface area contributed by atoms with Crippen LogP contribution in [-0.2, 0) is 5.75 Å². The van der Waals surface area contributed by atoms with Crippen LogP contribution in [-0.4, -0.2) is 9.97 Å². The van der Waals surface area contributed by atoms with E-state index >= 15 is 0 Å². The molecule has 2 aromatic rings. The molecule has 0 aliphatic rings. The van der Waals surface area contributed by atoms with E-state index in [9.17, 15) is 0 Å². The van der Waals surface area contributed by atoms with Gasteiger partial charge in [0.05, 0.1) is 3.57 Å². The van der Waals surface area contributed by atoms with Crippen LogP contribution >= 0.6 is 46.0 Å². The first-order valence-electron chi connectivity index (χ1n) is 4.59. The van der Waals surface area contributed by atoms with Gasteiger partial charge >= 0.3 is 0 Å². The highest BCUT2D eigenvalue weighted by Gasteiger charge is 2.04. The molecule has 0 aliphatic carbocycles. The molecular formula is C11H8ClIN2S. The molecule has 2 nitrogen and oxygen atoms in total. The topological polar surface area (TPSA) is 25.8 Å². The molecule has 0 saturated heterocycles. The molecule has 0 aliphatic heterocycles. The highest BCUT2D eigenvalue weighted by molar-refractivity contribution is 14.1. The molecule has 0 N–H and O–H groups in total. The van der Waals surface area contributed by atoms with Crippen LogP contribution in [0.5, 0.6) is 0 Å². The largest absolute Gasteiger partial charge is 0.244 e. The molecule has 0 radical (unpaired) electrons. The first-order valence-corrected chi connectivity index (χ1v) is 7.03. The number of benzene rings is 1. The molecule has 1 heterocycles. The third-order valence-corrected chi connectivity index (χ3v) is 4.53. The van der Waals surface area contributed by atoms with Gasteiger partial charge in [0.25, 0.3) is 0 Å². The summed E-state index contributed by atoms with van der Waals surface area (Å²) in [6.45, 7) is 0. The normalized spacial score (nSPS) is 10.4. The van der Waals surface area contributed by atoms with Crippen LogP contribution in [0, 0.1) is 3.57 Å².